The fourth-order valence-corrected chi connectivity index (χ4v) is 3.56. The van der Waals surface area contributed by atoms with Gasteiger partial charge in [-0.2, -0.15) is 9.29 Å². The molecule has 1 amide bonds. The lowest BCUT2D eigenvalue weighted by Crippen LogP contribution is -2.45. The molecular formula is C15H15ClN4O4S. The fraction of sp³-hybridized carbons (Fsp3) is 0.267. The third kappa shape index (κ3) is 3.89. The average molecular weight is 383 g/mol. The van der Waals surface area contributed by atoms with E-state index in [1.165, 1.54) is 0 Å². The summed E-state index contributed by atoms with van der Waals surface area (Å²) in [7, 11) is -3.47. The number of amides is 1. The topological polar surface area (TPSA) is 105 Å². The molecule has 3 rings (SSSR count). The van der Waals surface area contributed by atoms with Crippen molar-refractivity contribution >= 4 is 27.5 Å². The molecule has 0 spiro atoms. The Kier molecular flexibility index (Phi) is 4.89. The zero-order valence-electron chi connectivity index (χ0n) is 13.2. The third-order valence-electron chi connectivity index (χ3n) is 3.61. The van der Waals surface area contributed by atoms with Crippen LogP contribution >= 0.6 is 11.6 Å². The first-order valence-electron chi connectivity index (χ1n) is 7.35. The number of rotatable bonds is 5. The summed E-state index contributed by atoms with van der Waals surface area (Å²) in [4.78, 5) is 16.4. The van der Waals surface area contributed by atoms with E-state index in [4.69, 9.17) is 16.1 Å². The minimum absolute atomic E-state index is 0.0156. The molecule has 0 aliphatic carbocycles. The summed E-state index contributed by atoms with van der Waals surface area (Å²) < 4.78 is 29.5. The minimum Gasteiger partial charge on any atom is -0.345 e. The van der Waals surface area contributed by atoms with E-state index in [9.17, 15) is 13.2 Å². The summed E-state index contributed by atoms with van der Waals surface area (Å²) in [5, 5.41) is 6.92. The van der Waals surface area contributed by atoms with E-state index < -0.39 is 22.0 Å². The van der Waals surface area contributed by atoms with Crippen molar-refractivity contribution in [1.29, 1.82) is 0 Å². The predicted molar refractivity (Wildman–Crippen MR) is 91.1 cm³/mol. The van der Waals surface area contributed by atoms with Crippen LogP contribution in [0.5, 0.6) is 0 Å². The number of nitrogens with one attached hydrogen (secondary N) is 1. The molecule has 1 aromatic carbocycles. The van der Waals surface area contributed by atoms with Gasteiger partial charge in [0, 0.05) is 12.1 Å². The monoisotopic (exact) mass is 382 g/mol. The molecule has 2 heterocycles. The second kappa shape index (κ2) is 6.95. The van der Waals surface area contributed by atoms with Gasteiger partial charge in [-0.3, -0.25) is 4.79 Å². The van der Waals surface area contributed by atoms with Gasteiger partial charge in [0.2, 0.25) is 27.6 Å². The first kappa shape index (κ1) is 17.6. The Labute approximate surface area is 149 Å². The molecule has 0 radical (unpaired) electrons. The Morgan fingerprint density at radius 1 is 1.44 bits per heavy atom. The van der Waals surface area contributed by atoms with Gasteiger partial charge in [0.05, 0.1) is 17.8 Å². The van der Waals surface area contributed by atoms with Crippen molar-refractivity contribution in [2.75, 3.05) is 12.8 Å². The molecule has 0 bridgehead atoms. The minimum atomic E-state index is -3.47. The van der Waals surface area contributed by atoms with Crippen LogP contribution in [0.3, 0.4) is 0 Å². The Bertz CT molecular complexity index is 925. The number of carbonyl (C=O) groups is 1. The molecule has 1 N–H and O–H groups in total. The average Bonchev–Trinajstić information content (AvgIpc) is 3.22. The van der Waals surface area contributed by atoms with E-state index in [1.54, 1.807) is 36.4 Å². The van der Waals surface area contributed by atoms with E-state index >= 15 is 0 Å². The zero-order chi connectivity index (χ0) is 18.0. The molecule has 1 aliphatic heterocycles. The fourth-order valence-electron chi connectivity index (χ4n) is 2.41. The normalized spacial score (nSPS) is 17.8. The lowest BCUT2D eigenvalue weighted by molar-refractivity contribution is -0.123. The van der Waals surface area contributed by atoms with E-state index in [-0.39, 0.29) is 19.0 Å². The SMILES string of the molecule is CS(=O)(=O)N1CC=CC1C(=O)NCc1nc(-c2ccccc2Cl)no1. The van der Waals surface area contributed by atoms with Crippen LogP contribution in [0.1, 0.15) is 5.89 Å². The second-order valence-corrected chi connectivity index (χ2v) is 7.76. The molecule has 1 unspecified atom stereocenters. The van der Waals surface area contributed by atoms with Crippen LogP contribution in [-0.4, -0.2) is 47.6 Å². The molecule has 1 aliphatic rings. The van der Waals surface area contributed by atoms with E-state index in [0.717, 1.165) is 10.6 Å². The van der Waals surface area contributed by atoms with Gasteiger partial charge in [0.1, 0.15) is 6.04 Å². The maximum Gasteiger partial charge on any atom is 0.246 e. The molecule has 25 heavy (non-hydrogen) atoms. The number of nitrogens with zero attached hydrogens (tertiary/aromatic N) is 3. The zero-order valence-corrected chi connectivity index (χ0v) is 14.8. The highest BCUT2D eigenvalue weighted by molar-refractivity contribution is 7.88. The first-order chi connectivity index (χ1) is 11.9. The number of benzene rings is 1. The molecule has 1 aromatic heterocycles. The van der Waals surface area contributed by atoms with Crippen molar-refractivity contribution in [1.82, 2.24) is 19.8 Å². The van der Waals surface area contributed by atoms with Crippen LogP contribution in [0.2, 0.25) is 5.02 Å². The van der Waals surface area contributed by atoms with Crippen molar-refractivity contribution in [3.8, 4) is 11.4 Å². The van der Waals surface area contributed by atoms with E-state index in [1.807, 2.05) is 0 Å². The van der Waals surface area contributed by atoms with Gasteiger partial charge in [-0.15, -0.1) is 0 Å². The van der Waals surface area contributed by atoms with E-state index in [2.05, 4.69) is 15.5 Å². The van der Waals surface area contributed by atoms with Crippen LogP contribution in [0.25, 0.3) is 11.4 Å². The largest absolute Gasteiger partial charge is 0.345 e. The Morgan fingerprint density at radius 3 is 2.92 bits per heavy atom. The number of sulfonamides is 1. The number of aromatic nitrogens is 2. The molecule has 0 saturated heterocycles. The predicted octanol–water partition coefficient (Wildman–Crippen LogP) is 1.21. The Hall–Kier alpha value is -2.23. The maximum absolute atomic E-state index is 12.2. The smallest absolute Gasteiger partial charge is 0.246 e. The molecule has 8 nitrogen and oxygen atoms in total. The highest BCUT2D eigenvalue weighted by Crippen LogP contribution is 2.24. The van der Waals surface area contributed by atoms with Crippen molar-refractivity contribution < 1.29 is 17.7 Å². The molecular weight excluding hydrogens is 368 g/mol. The molecule has 1 atom stereocenters. The summed E-state index contributed by atoms with van der Waals surface area (Å²) in [5.41, 5.74) is 0.618. The molecule has 2 aromatic rings. The summed E-state index contributed by atoms with van der Waals surface area (Å²) in [5.74, 6) is 0.0428. The molecule has 0 saturated carbocycles. The lowest BCUT2D eigenvalue weighted by Gasteiger charge is -2.20. The summed E-state index contributed by atoms with van der Waals surface area (Å²) in [6.07, 6.45) is 4.24. The van der Waals surface area contributed by atoms with Gasteiger partial charge < -0.3 is 9.84 Å². The number of halogens is 1. The molecule has 10 heteroatoms. The van der Waals surface area contributed by atoms with Crippen molar-refractivity contribution in [2.24, 2.45) is 0 Å². The number of hydrogen-bond acceptors (Lipinski definition) is 6. The number of carbonyl (C=O) groups excluding carboxylic acids is 1. The maximum atomic E-state index is 12.2. The van der Waals surface area contributed by atoms with Gasteiger partial charge in [0.25, 0.3) is 0 Å². The van der Waals surface area contributed by atoms with Crippen molar-refractivity contribution in [2.45, 2.75) is 12.6 Å². The summed E-state index contributed by atoms with van der Waals surface area (Å²) >= 11 is 6.08. The Balaban J connectivity index is 1.66. The third-order valence-corrected chi connectivity index (χ3v) is 5.16. The van der Waals surface area contributed by atoms with Crippen molar-refractivity contribution in [3.63, 3.8) is 0 Å². The highest BCUT2D eigenvalue weighted by atomic mass is 35.5. The van der Waals surface area contributed by atoms with Crippen molar-refractivity contribution in [3.05, 3.63) is 47.3 Å². The number of hydrogen-bond donors (Lipinski definition) is 1. The first-order valence-corrected chi connectivity index (χ1v) is 9.57. The van der Waals surface area contributed by atoms with E-state index in [0.29, 0.717) is 16.4 Å². The molecule has 0 fully saturated rings. The van der Waals surface area contributed by atoms with Crippen LogP contribution in [-0.2, 0) is 21.4 Å². The van der Waals surface area contributed by atoms with Crippen LogP contribution in [0, 0.1) is 0 Å². The standard InChI is InChI=1S/C15H15ClN4O4S/c1-25(22,23)20-8-4-7-12(20)15(21)17-9-13-18-14(19-24-13)10-5-2-3-6-11(10)16/h2-7,12H,8-9H2,1H3,(H,17,21). The van der Waals surface area contributed by atoms with Gasteiger partial charge in [-0.1, -0.05) is 41.0 Å². The van der Waals surface area contributed by atoms with Gasteiger partial charge in [-0.05, 0) is 12.1 Å². The van der Waals surface area contributed by atoms with Gasteiger partial charge in [-0.25, -0.2) is 8.42 Å². The Morgan fingerprint density at radius 2 is 2.20 bits per heavy atom. The second-order valence-electron chi connectivity index (χ2n) is 5.42. The highest BCUT2D eigenvalue weighted by Gasteiger charge is 2.32. The molecule has 132 valence electrons. The summed E-state index contributed by atoms with van der Waals surface area (Å²) in [6.45, 7) is 0.159. The summed E-state index contributed by atoms with van der Waals surface area (Å²) in [6, 6.07) is 6.17. The quantitative estimate of drug-likeness (QED) is 0.779. The van der Waals surface area contributed by atoms with Crippen LogP contribution in [0.15, 0.2) is 40.9 Å². The van der Waals surface area contributed by atoms with Gasteiger partial charge in [0.15, 0.2) is 0 Å². The van der Waals surface area contributed by atoms with Crippen LogP contribution in [0.4, 0.5) is 0 Å². The lowest BCUT2D eigenvalue weighted by atomic mass is 10.2. The van der Waals surface area contributed by atoms with Gasteiger partial charge >= 0.3 is 0 Å². The van der Waals surface area contributed by atoms with Crippen LogP contribution < -0.4 is 5.32 Å².